The molecule has 1 N–H and O–H groups in total. The van der Waals surface area contributed by atoms with Crippen molar-refractivity contribution in [3.8, 4) is 35.0 Å². The first-order valence-corrected chi connectivity index (χ1v) is 21.7. The lowest BCUT2D eigenvalue weighted by molar-refractivity contribution is -0.390. The van der Waals surface area contributed by atoms with Gasteiger partial charge in [-0.25, -0.2) is 18.1 Å². The van der Waals surface area contributed by atoms with E-state index in [9.17, 15) is 44.2 Å². The largest absolute Gasteiger partial charge is 0.478 e. The lowest BCUT2D eigenvalue weighted by Crippen LogP contribution is -2.15. The minimum atomic E-state index is -1.24. The summed E-state index contributed by atoms with van der Waals surface area (Å²) in [4.78, 5) is 42.1. The van der Waals surface area contributed by atoms with Crippen LogP contribution in [0.3, 0.4) is 0 Å². The van der Waals surface area contributed by atoms with Gasteiger partial charge < -0.3 is 34.8 Å². The molecule has 3 unspecified atom stereocenters. The van der Waals surface area contributed by atoms with Gasteiger partial charge in [0.05, 0.1) is 37.9 Å². The van der Waals surface area contributed by atoms with E-state index in [0.717, 1.165) is 0 Å². The summed E-state index contributed by atoms with van der Waals surface area (Å²) >= 11 is 6.42. The molecular formula is C44H32Br2F2N14O8. The zero-order valence-electron chi connectivity index (χ0n) is 36.5. The normalized spacial score (nSPS) is 12.2. The summed E-state index contributed by atoms with van der Waals surface area (Å²) < 4.78 is 46.4. The number of nitriles is 2. The highest BCUT2D eigenvalue weighted by Crippen LogP contribution is 2.36. The van der Waals surface area contributed by atoms with Crippen molar-refractivity contribution in [2.24, 2.45) is 14.1 Å². The van der Waals surface area contributed by atoms with E-state index < -0.39 is 57.2 Å². The topological polar surface area (TPSA) is 287 Å². The number of hydrogen-bond acceptors (Lipinski definition) is 16. The summed E-state index contributed by atoms with van der Waals surface area (Å²) in [6.45, 7) is 3.17. The lowest BCUT2D eigenvalue weighted by Gasteiger charge is -2.20. The van der Waals surface area contributed by atoms with Crippen molar-refractivity contribution in [3.05, 3.63) is 184 Å². The Morgan fingerprint density at radius 2 is 1.21 bits per heavy atom. The molecule has 22 nitrogen and oxygen atoms in total. The van der Waals surface area contributed by atoms with Crippen molar-refractivity contribution >= 4 is 49.3 Å². The molecule has 2 aromatic carbocycles. The number of aromatic nitrogens is 10. The number of nitrogens with zero attached hydrogens (tertiary/aromatic N) is 14. The fraction of sp³-hybridized carbons (Fsp3) is 0.159. The van der Waals surface area contributed by atoms with Crippen LogP contribution in [0.5, 0.6) is 11.5 Å². The highest BCUT2D eigenvalue weighted by molar-refractivity contribution is 9.10. The van der Waals surface area contributed by atoms with Crippen LogP contribution in [0, 0.1) is 54.5 Å². The number of carbonyl (C=O) groups is 1. The van der Waals surface area contributed by atoms with Crippen LogP contribution in [0.2, 0.25) is 0 Å². The molecule has 0 saturated heterocycles. The molecule has 8 aromatic rings. The monoisotopic (exact) mass is 1080 g/mol. The molecule has 354 valence electrons. The molecule has 8 rings (SSSR count). The number of ether oxygens (including phenoxy) is 2. The first-order valence-electron chi connectivity index (χ1n) is 20.1. The Morgan fingerprint density at radius 3 is 1.71 bits per heavy atom. The van der Waals surface area contributed by atoms with E-state index in [1.54, 1.807) is 34.0 Å². The SMILES string of the molecule is CC(Oc1cc(Br)cnc1[N+](=O)[O-])c1cc(F)ccc1-n1nccc1C(=O)c1cc(C#N)n(C)n1.CC(Oc1cc(Br)cnc1[N+](=O)[O-])c1cc(F)ccc1-n1nccc1C(O)c1cc(C#N)n(C)n1. The van der Waals surface area contributed by atoms with Gasteiger partial charge in [-0.1, -0.05) is 0 Å². The highest BCUT2D eigenvalue weighted by atomic mass is 79.9. The molecule has 0 aliphatic carbocycles. The van der Waals surface area contributed by atoms with Crippen molar-refractivity contribution in [2.75, 3.05) is 0 Å². The Kier molecular flexibility index (Phi) is 14.6. The minimum Gasteiger partial charge on any atom is -0.478 e. The van der Waals surface area contributed by atoms with Crippen LogP contribution in [0.1, 0.15) is 82.2 Å². The summed E-state index contributed by atoms with van der Waals surface area (Å²) in [6, 6.07) is 20.3. The number of rotatable bonds is 14. The molecule has 0 aliphatic rings. The maximum absolute atomic E-state index is 14.3. The number of carbonyl (C=O) groups excluding carboxylic acids is 1. The molecule has 6 heterocycles. The molecule has 6 aromatic heterocycles. The molecule has 3 atom stereocenters. The van der Waals surface area contributed by atoms with Gasteiger partial charge in [0.15, 0.2) is 12.4 Å². The molecular weight excluding hydrogens is 1050 g/mol. The third-order valence-electron chi connectivity index (χ3n) is 10.2. The minimum absolute atomic E-state index is 0.0367. The zero-order valence-corrected chi connectivity index (χ0v) is 39.7. The molecule has 0 bridgehead atoms. The van der Waals surface area contributed by atoms with E-state index in [4.69, 9.17) is 14.7 Å². The second kappa shape index (κ2) is 20.7. The van der Waals surface area contributed by atoms with Crippen LogP contribution in [-0.2, 0) is 14.1 Å². The zero-order chi connectivity index (χ0) is 50.6. The fourth-order valence-corrected chi connectivity index (χ4v) is 7.57. The van der Waals surface area contributed by atoms with E-state index in [1.807, 2.05) is 12.1 Å². The number of nitro groups is 2. The number of hydrogen-bond donors (Lipinski definition) is 1. The van der Waals surface area contributed by atoms with Gasteiger partial charge in [0, 0.05) is 55.7 Å². The quantitative estimate of drug-likeness (QED) is 0.0614. The maximum atomic E-state index is 14.3. The Labute approximate surface area is 410 Å². The van der Waals surface area contributed by atoms with Gasteiger partial charge in [0.25, 0.3) is 0 Å². The molecule has 0 aliphatic heterocycles. The van der Waals surface area contributed by atoms with Crippen molar-refractivity contribution in [2.45, 2.75) is 32.2 Å². The van der Waals surface area contributed by atoms with Crippen molar-refractivity contribution in [1.29, 1.82) is 10.5 Å². The lowest BCUT2D eigenvalue weighted by atomic mass is 10.1. The first kappa shape index (κ1) is 49.3. The van der Waals surface area contributed by atoms with E-state index in [-0.39, 0.29) is 45.5 Å². The van der Waals surface area contributed by atoms with Gasteiger partial charge in [-0.05, 0) is 114 Å². The molecule has 26 heteroatoms. The highest BCUT2D eigenvalue weighted by Gasteiger charge is 2.28. The average Bonchev–Trinajstić information content (AvgIpc) is 4.16. The predicted molar refractivity (Wildman–Crippen MR) is 246 cm³/mol. The Hall–Kier alpha value is -8.59. The second-order valence-corrected chi connectivity index (χ2v) is 16.6. The van der Waals surface area contributed by atoms with Crippen LogP contribution in [0.15, 0.2) is 107 Å². The van der Waals surface area contributed by atoms with Crippen molar-refractivity contribution < 1.29 is 38.0 Å². The van der Waals surface area contributed by atoms with Crippen LogP contribution in [-0.4, -0.2) is 69.8 Å². The van der Waals surface area contributed by atoms with E-state index >= 15 is 0 Å². The van der Waals surface area contributed by atoms with Gasteiger partial charge >= 0.3 is 11.6 Å². The summed E-state index contributed by atoms with van der Waals surface area (Å²) in [7, 11) is 3.12. The predicted octanol–water partition coefficient (Wildman–Crippen LogP) is 7.96. The summed E-state index contributed by atoms with van der Waals surface area (Å²) in [6.07, 6.45) is 2.37. The third-order valence-corrected chi connectivity index (χ3v) is 11.1. The van der Waals surface area contributed by atoms with E-state index in [0.29, 0.717) is 31.6 Å². The van der Waals surface area contributed by atoms with Crippen LogP contribution < -0.4 is 9.47 Å². The molecule has 0 fully saturated rings. The summed E-state index contributed by atoms with van der Waals surface area (Å²) in [5.74, 6) is -2.86. The number of pyridine rings is 2. The summed E-state index contributed by atoms with van der Waals surface area (Å²) in [5.41, 5.74) is 2.43. The molecule has 0 saturated carbocycles. The van der Waals surface area contributed by atoms with Crippen LogP contribution >= 0.6 is 31.9 Å². The van der Waals surface area contributed by atoms with E-state index in [1.165, 1.54) is 110 Å². The Bertz CT molecular complexity index is 3420. The third kappa shape index (κ3) is 10.4. The standard InChI is InChI=1S/C22H17BrFN7O4.C22H15BrFN7O4/c2*1-12(35-20-7-13(23)11-26-22(20)31(33)34)16-8-14(24)3-4-18(16)30-19(5-6-27-30)21(32)17-9-15(10-25)29(2)28-17/h3-9,11-12,21,32H,1-2H3;3-9,11-12H,1-2H3. The summed E-state index contributed by atoms with van der Waals surface area (Å²) in [5, 5.41) is 68.8. The number of aliphatic hydroxyl groups excluding tert-OH is 1. The Morgan fingerprint density at radius 1 is 0.729 bits per heavy atom. The van der Waals surface area contributed by atoms with Crippen LogP contribution in [0.4, 0.5) is 20.4 Å². The smallest absolute Gasteiger partial charge is 0.406 e. The fourth-order valence-electron chi connectivity index (χ4n) is 6.95. The number of benzene rings is 2. The van der Waals surface area contributed by atoms with Crippen molar-refractivity contribution in [3.63, 3.8) is 0 Å². The number of aliphatic hydroxyl groups is 1. The molecule has 0 radical (unpaired) electrons. The van der Waals surface area contributed by atoms with E-state index in [2.05, 4.69) is 62.2 Å². The van der Waals surface area contributed by atoms with Gasteiger partial charge in [0.1, 0.15) is 64.9 Å². The maximum Gasteiger partial charge on any atom is 0.406 e. The first-order chi connectivity index (χ1) is 33.4. The number of aryl methyl sites for hydroxylation is 2. The van der Waals surface area contributed by atoms with Gasteiger partial charge in [-0.15, -0.1) is 0 Å². The average molecular weight is 1080 g/mol. The van der Waals surface area contributed by atoms with Gasteiger partial charge in [-0.2, -0.15) is 30.9 Å². The number of ketones is 1. The Balaban J connectivity index is 0.000000206. The molecule has 0 amide bonds. The second-order valence-electron chi connectivity index (χ2n) is 14.8. The van der Waals surface area contributed by atoms with Crippen LogP contribution in [0.25, 0.3) is 11.4 Å². The number of halogens is 4. The molecule has 70 heavy (non-hydrogen) atoms. The van der Waals surface area contributed by atoms with Crippen molar-refractivity contribution in [1.82, 2.24) is 49.1 Å². The molecule has 0 spiro atoms. The van der Waals surface area contributed by atoms with Gasteiger partial charge in [0.2, 0.25) is 17.3 Å². The van der Waals surface area contributed by atoms with Gasteiger partial charge in [-0.3, -0.25) is 14.2 Å².